The van der Waals surface area contributed by atoms with E-state index < -0.39 is 5.82 Å². The van der Waals surface area contributed by atoms with E-state index in [1.54, 1.807) is 12.4 Å². The Morgan fingerprint density at radius 3 is 2.96 bits per heavy atom. The predicted octanol–water partition coefficient (Wildman–Crippen LogP) is 2.22. The minimum atomic E-state index is -0.424. The molecule has 7 heteroatoms. The molecule has 0 bridgehead atoms. The van der Waals surface area contributed by atoms with Gasteiger partial charge in [-0.3, -0.25) is 4.98 Å². The highest BCUT2D eigenvalue weighted by molar-refractivity contribution is 5.31. The highest BCUT2D eigenvalue weighted by Gasteiger charge is 2.45. The van der Waals surface area contributed by atoms with Crippen molar-refractivity contribution >= 4 is 5.95 Å². The van der Waals surface area contributed by atoms with Crippen molar-refractivity contribution in [1.82, 2.24) is 15.0 Å². The standard InChI is InChI=1S/C17H19FN4O2/c18-13-8-20-16(21-9-13)22-6-2-4-17(12-22)7-15(11-23-17)24-14-3-1-5-19-10-14/h1,3,5,8-10,15H,2,4,6-7,11-12H2/t15-,17-/m0/s1. The monoisotopic (exact) mass is 330 g/mol. The summed E-state index contributed by atoms with van der Waals surface area (Å²) < 4.78 is 25.1. The fourth-order valence-electron chi connectivity index (χ4n) is 3.51. The van der Waals surface area contributed by atoms with E-state index in [0.29, 0.717) is 19.1 Å². The Balaban J connectivity index is 1.43. The Labute approximate surface area is 139 Å². The quantitative estimate of drug-likeness (QED) is 0.860. The average Bonchev–Trinajstić information content (AvgIpc) is 2.98. The topological polar surface area (TPSA) is 60.4 Å². The molecule has 6 nitrogen and oxygen atoms in total. The van der Waals surface area contributed by atoms with Crippen molar-refractivity contribution in [2.45, 2.75) is 31.0 Å². The molecule has 2 aromatic heterocycles. The summed E-state index contributed by atoms with van der Waals surface area (Å²) in [6.45, 7) is 2.11. The van der Waals surface area contributed by atoms with Crippen LogP contribution in [-0.4, -0.2) is 46.4 Å². The van der Waals surface area contributed by atoms with Gasteiger partial charge in [-0.1, -0.05) is 0 Å². The molecule has 2 aliphatic rings. The van der Waals surface area contributed by atoms with Crippen LogP contribution in [0.1, 0.15) is 19.3 Å². The molecule has 2 aromatic rings. The summed E-state index contributed by atoms with van der Waals surface area (Å²) in [6.07, 6.45) is 8.65. The van der Waals surface area contributed by atoms with Crippen molar-refractivity contribution in [2.75, 3.05) is 24.6 Å². The van der Waals surface area contributed by atoms with Gasteiger partial charge in [0, 0.05) is 25.7 Å². The highest BCUT2D eigenvalue weighted by atomic mass is 19.1. The molecule has 0 amide bonds. The summed E-state index contributed by atoms with van der Waals surface area (Å²) in [6, 6.07) is 3.76. The summed E-state index contributed by atoms with van der Waals surface area (Å²) in [5.41, 5.74) is -0.247. The van der Waals surface area contributed by atoms with Crippen LogP contribution in [0.3, 0.4) is 0 Å². The Morgan fingerprint density at radius 1 is 1.29 bits per heavy atom. The van der Waals surface area contributed by atoms with Crippen molar-refractivity contribution in [3.63, 3.8) is 0 Å². The molecule has 0 saturated carbocycles. The molecule has 24 heavy (non-hydrogen) atoms. The maximum atomic E-state index is 13.0. The largest absolute Gasteiger partial charge is 0.486 e. The van der Waals surface area contributed by atoms with Crippen molar-refractivity contribution < 1.29 is 13.9 Å². The lowest BCUT2D eigenvalue weighted by molar-refractivity contribution is -0.00845. The molecular formula is C17H19FN4O2. The smallest absolute Gasteiger partial charge is 0.225 e. The normalized spacial score (nSPS) is 26.7. The van der Waals surface area contributed by atoms with Gasteiger partial charge < -0.3 is 14.4 Å². The minimum Gasteiger partial charge on any atom is -0.486 e. The van der Waals surface area contributed by atoms with E-state index >= 15 is 0 Å². The van der Waals surface area contributed by atoms with E-state index in [9.17, 15) is 4.39 Å². The first-order valence-corrected chi connectivity index (χ1v) is 8.16. The van der Waals surface area contributed by atoms with Gasteiger partial charge in [0.2, 0.25) is 5.95 Å². The van der Waals surface area contributed by atoms with E-state index in [2.05, 4.69) is 19.9 Å². The van der Waals surface area contributed by atoms with Gasteiger partial charge in [0.05, 0.1) is 30.8 Å². The molecular weight excluding hydrogens is 311 g/mol. The summed E-state index contributed by atoms with van der Waals surface area (Å²) >= 11 is 0. The number of halogens is 1. The predicted molar refractivity (Wildman–Crippen MR) is 85.4 cm³/mol. The number of nitrogens with zero attached hydrogens (tertiary/aromatic N) is 4. The molecule has 1 spiro atoms. The zero-order valence-corrected chi connectivity index (χ0v) is 13.3. The molecule has 4 heterocycles. The molecule has 0 radical (unpaired) electrons. The molecule has 0 unspecified atom stereocenters. The fraction of sp³-hybridized carbons (Fsp3) is 0.471. The summed E-state index contributed by atoms with van der Waals surface area (Å²) in [7, 11) is 0. The molecule has 2 fully saturated rings. The Morgan fingerprint density at radius 2 is 2.17 bits per heavy atom. The SMILES string of the molecule is Fc1cnc(N2CCC[C@]3(C[C@H](Oc4cccnc4)CO3)C2)nc1. The van der Waals surface area contributed by atoms with Gasteiger partial charge in [-0.05, 0) is 25.0 Å². The first-order valence-electron chi connectivity index (χ1n) is 8.16. The fourth-order valence-corrected chi connectivity index (χ4v) is 3.51. The zero-order chi connectivity index (χ0) is 16.4. The van der Waals surface area contributed by atoms with Crippen LogP contribution in [-0.2, 0) is 4.74 Å². The lowest BCUT2D eigenvalue weighted by Gasteiger charge is -2.39. The van der Waals surface area contributed by atoms with Crippen LogP contribution in [0.5, 0.6) is 5.75 Å². The van der Waals surface area contributed by atoms with Crippen LogP contribution in [0.25, 0.3) is 0 Å². The van der Waals surface area contributed by atoms with Gasteiger partial charge in [0.25, 0.3) is 0 Å². The summed E-state index contributed by atoms with van der Waals surface area (Å²) in [4.78, 5) is 14.3. The second kappa shape index (κ2) is 6.32. The number of hydrogen-bond acceptors (Lipinski definition) is 6. The lowest BCUT2D eigenvalue weighted by atomic mass is 9.89. The number of rotatable bonds is 3. The number of piperidine rings is 1. The third kappa shape index (κ3) is 3.17. The number of anilines is 1. The maximum absolute atomic E-state index is 13.0. The minimum absolute atomic E-state index is 0.0169. The average molecular weight is 330 g/mol. The third-order valence-electron chi connectivity index (χ3n) is 4.54. The number of hydrogen-bond donors (Lipinski definition) is 0. The molecule has 2 atom stereocenters. The lowest BCUT2D eigenvalue weighted by Crippen LogP contribution is -2.48. The molecule has 0 N–H and O–H groups in total. The van der Waals surface area contributed by atoms with Gasteiger partial charge >= 0.3 is 0 Å². The Bertz CT molecular complexity index is 685. The van der Waals surface area contributed by atoms with Crippen LogP contribution in [0.2, 0.25) is 0 Å². The van der Waals surface area contributed by atoms with Crippen molar-refractivity contribution in [2.24, 2.45) is 0 Å². The highest BCUT2D eigenvalue weighted by Crippen LogP contribution is 2.36. The van der Waals surface area contributed by atoms with Crippen LogP contribution in [0.4, 0.5) is 10.3 Å². The molecule has 0 aliphatic carbocycles. The third-order valence-corrected chi connectivity index (χ3v) is 4.54. The second-order valence-electron chi connectivity index (χ2n) is 6.35. The van der Waals surface area contributed by atoms with E-state index in [1.165, 1.54) is 12.4 Å². The number of pyridine rings is 1. The van der Waals surface area contributed by atoms with E-state index in [1.807, 2.05) is 12.1 Å². The first-order chi connectivity index (χ1) is 11.7. The van der Waals surface area contributed by atoms with Crippen molar-refractivity contribution in [3.8, 4) is 5.75 Å². The van der Waals surface area contributed by atoms with Crippen LogP contribution in [0, 0.1) is 5.82 Å². The van der Waals surface area contributed by atoms with E-state index in [0.717, 1.165) is 31.6 Å². The van der Waals surface area contributed by atoms with E-state index in [4.69, 9.17) is 9.47 Å². The number of ether oxygens (including phenoxy) is 2. The van der Waals surface area contributed by atoms with Crippen LogP contribution in [0.15, 0.2) is 36.9 Å². The molecule has 2 aliphatic heterocycles. The van der Waals surface area contributed by atoms with Gasteiger partial charge in [0.15, 0.2) is 5.82 Å². The number of aromatic nitrogens is 3. The zero-order valence-electron chi connectivity index (χ0n) is 13.3. The van der Waals surface area contributed by atoms with Crippen molar-refractivity contribution in [1.29, 1.82) is 0 Å². The van der Waals surface area contributed by atoms with Gasteiger partial charge in [-0.25, -0.2) is 14.4 Å². The first kappa shape index (κ1) is 15.3. The second-order valence-corrected chi connectivity index (χ2v) is 6.35. The molecule has 0 aromatic carbocycles. The molecule has 4 rings (SSSR count). The van der Waals surface area contributed by atoms with Gasteiger partial charge in [0.1, 0.15) is 11.9 Å². The van der Waals surface area contributed by atoms with Gasteiger partial charge in [-0.15, -0.1) is 0 Å². The summed E-state index contributed by atoms with van der Waals surface area (Å²) in [5, 5.41) is 0. The summed E-state index contributed by atoms with van der Waals surface area (Å²) in [5.74, 6) is 0.890. The van der Waals surface area contributed by atoms with Crippen LogP contribution < -0.4 is 9.64 Å². The van der Waals surface area contributed by atoms with Crippen molar-refractivity contribution in [3.05, 3.63) is 42.7 Å². The Hall–Kier alpha value is -2.28. The Kier molecular flexibility index (Phi) is 4.02. The van der Waals surface area contributed by atoms with Crippen LogP contribution >= 0.6 is 0 Å². The van der Waals surface area contributed by atoms with Gasteiger partial charge in [-0.2, -0.15) is 0 Å². The molecule has 2 saturated heterocycles. The molecule has 126 valence electrons. The van der Waals surface area contributed by atoms with E-state index in [-0.39, 0.29) is 11.7 Å². The maximum Gasteiger partial charge on any atom is 0.225 e.